The lowest BCUT2D eigenvalue weighted by Gasteiger charge is -2.12. The van der Waals surface area contributed by atoms with Crippen molar-refractivity contribution in [2.45, 2.75) is 0 Å². The second-order valence-corrected chi connectivity index (χ2v) is 10.3. The van der Waals surface area contributed by atoms with Crippen molar-refractivity contribution in [3.63, 3.8) is 0 Å². The zero-order chi connectivity index (χ0) is 26.9. The van der Waals surface area contributed by atoms with Crippen LogP contribution in [0.3, 0.4) is 0 Å². The summed E-state index contributed by atoms with van der Waals surface area (Å²) in [6.07, 6.45) is 3.83. The van der Waals surface area contributed by atoms with Crippen molar-refractivity contribution in [2.24, 2.45) is 0 Å². The predicted octanol–water partition coefficient (Wildman–Crippen LogP) is 9.08. The van der Waals surface area contributed by atoms with E-state index >= 15 is 0 Å². The van der Waals surface area contributed by atoms with Crippen LogP contribution in [0.4, 0.5) is 0 Å². The first-order valence-electron chi connectivity index (χ1n) is 13.7. The van der Waals surface area contributed by atoms with E-state index in [-0.39, 0.29) is 0 Å². The highest BCUT2D eigenvalue weighted by Crippen LogP contribution is 2.39. The van der Waals surface area contributed by atoms with Crippen LogP contribution in [0.1, 0.15) is 0 Å². The summed E-state index contributed by atoms with van der Waals surface area (Å²) in [5.41, 5.74) is 6.86. The molecule has 0 radical (unpaired) electrons. The first-order chi connectivity index (χ1) is 20.3. The van der Waals surface area contributed by atoms with E-state index in [2.05, 4.69) is 125 Å². The molecule has 0 aliphatic rings. The van der Waals surface area contributed by atoms with E-state index in [4.69, 9.17) is 14.4 Å². The van der Waals surface area contributed by atoms with Crippen LogP contribution in [0.5, 0.6) is 0 Å². The van der Waals surface area contributed by atoms with Crippen molar-refractivity contribution >= 4 is 54.6 Å². The van der Waals surface area contributed by atoms with E-state index in [9.17, 15) is 0 Å². The molecule has 4 aromatic heterocycles. The number of fused-ring (bicyclic) bond motifs is 7. The second-order valence-electron chi connectivity index (χ2n) is 10.3. The van der Waals surface area contributed by atoms with Crippen LogP contribution in [0, 0.1) is 0 Å². The molecule has 192 valence electrons. The van der Waals surface area contributed by atoms with Gasteiger partial charge in [-0.25, -0.2) is 4.98 Å². The summed E-state index contributed by atoms with van der Waals surface area (Å²) >= 11 is 0. The first-order valence-corrected chi connectivity index (χ1v) is 13.7. The fourth-order valence-electron chi connectivity index (χ4n) is 6.28. The molecule has 5 heteroatoms. The maximum atomic E-state index is 5.94. The number of hydrogen-bond donors (Lipinski definition) is 0. The lowest BCUT2D eigenvalue weighted by molar-refractivity contribution is 0.601. The summed E-state index contributed by atoms with van der Waals surface area (Å²) in [5, 5.41) is 6.67. The minimum Gasteiger partial charge on any atom is -0.446 e. The van der Waals surface area contributed by atoms with E-state index < -0.39 is 0 Å². The number of benzene rings is 5. The Morgan fingerprint density at radius 1 is 0.537 bits per heavy atom. The third-order valence-electron chi connectivity index (χ3n) is 8.09. The summed E-state index contributed by atoms with van der Waals surface area (Å²) in [6, 6.07) is 42.2. The Balaban J connectivity index is 1.40. The molecule has 0 spiro atoms. The topological polar surface area (TPSA) is 48.8 Å². The number of nitrogens with zero attached hydrogens (tertiary/aromatic N) is 4. The molecule has 0 saturated carbocycles. The molecule has 4 heterocycles. The monoisotopic (exact) mass is 526 g/mol. The molecule has 5 aromatic carbocycles. The molecule has 9 rings (SSSR count). The van der Waals surface area contributed by atoms with Gasteiger partial charge < -0.3 is 8.98 Å². The van der Waals surface area contributed by atoms with Gasteiger partial charge in [0.25, 0.3) is 0 Å². The van der Waals surface area contributed by atoms with Gasteiger partial charge in [0.05, 0.1) is 33.9 Å². The van der Waals surface area contributed by atoms with Gasteiger partial charge >= 0.3 is 0 Å². The normalized spacial score (nSPS) is 11.9. The highest BCUT2D eigenvalue weighted by atomic mass is 16.3. The third-order valence-corrected chi connectivity index (χ3v) is 8.09. The predicted molar refractivity (Wildman–Crippen MR) is 166 cm³/mol. The minimum atomic E-state index is 0.567. The molecule has 0 N–H and O–H groups in total. The Bertz CT molecular complexity index is 2420. The molecular formula is C36H22N4O. The fourth-order valence-corrected chi connectivity index (χ4v) is 6.28. The Morgan fingerprint density at radius 2 is 1.34 bits per heavy atom. The Labute approximate surface area is 234 Å². The van der Waals surface area contributed by atoms with Gasteiger partial charge in [0.1, 0.15) is 0 Å². The average Bonchev–Trinajstić information content (AvgIpc) is 3.76. The highest BCUT2D eigenvalue weighted by Gasteiger charge is 2.21. The highest BCUT2D eigenvalue weighted by molar-refractivity contribution is 6.18. The van der Waals surface area contributed by atoms with E-state index in [1.807, 2.05) is 12.1 Å². The molecule has 9 aromatic rings. The fraction of sp³-hybridized carbons (Fsp3) is 0. The Hall–Kier alpha value is -5.68. The number of para-hydroxylation sites is 2. The lowest BCUT2D eigenvalue weighted by atomic mass is 10.0. The second kappa shape index (κ2) is 8.41. The SMILES string of the molecule is c1ccc(-n2ccc3c2ccc2c4ccccc4n(-c4nc(-c5cccc6ccccc56)c5ccoc5n4)c23)cc1. The summed E-state index contributed by atoms with van der Waals surface area (Å²) in [6.45, 7) is 0. The van der Waals surface area contributed by atoms with Crippen LogP contribution in [-0.4, -0.2) is 19.1 Å². The van der Waals surface area contributed by atoms with E-state index in [0.29, 0.717) is 11.7 Å². The van der Waals surface area contributed by atoms with Gasteiger partial charge in [-0.1, -0.05) is 84.9 Å². The molecule has 0 unspecified atom stereocenters. The Kier molecular flexibility index (Phi) is 4.55. The molecule has 0 aliphatic carbocycles. The van der Waals surface area contributed by atoms with Gasteiger partial charge in [0.2, 0.25) is 11.7 Å². The standard InChI is InChI=1S/C36H22N4O/c1-2-11-24(12-3-1)39-21-19-29-31(39)18-17-28-26-14-6-7-16-32(26)40(34(28)29)36-37-33(30-20-22-41-35(30)38-36)27-15-8-10-23-9-4-5-13-25(23)27/h1-22H. The summed E-state index contributed by atoms with van der Waals surface area (Å²) in [4.78, 5) is 10.3. The zero-order valence-corrected chi connectivity index (χ0v) is 21.9. The quantitative estimate of drug-likeness (QED) is 0.231. The maximum absolute atomic E-state index is 5.94. The van der Waals surface area contributed by atoms with Crippen molar-refractivity contribution in [1.29, 1.82) is 0 Å². The summed E-state index contributed by atoms with van der Waals surface area (Å²) < 4.78 is 10.4. The third kappa shape index (κ3) is 3.17. The molecule has 0 bridgehead atoms. The van der Waals surface area contributed by atoms with Crippen molar-refractivity contribution in [3.05, 3.63) is 134 Å². The Morgan fingerprint density at radius 3 is 2.27 bits per heavy atom. The molecule has 0 atom stereocenters. The number of hydrogen-bond acceptors (Lipinski definition) is 3. The first kappa shape index (κ1) is 22.2. The van der Waals surface area contributed by atoms with Crippen molar-refractivity contribution in [3.8, 4) is 22.9 Å². The average molecular weight is 527 g/mol. The van der Waals surface area contributed by atoms with Crippen LogP contribution in [0.2, 0.25) is 0 Å². The van der Waals surface area contributed by atoms with Gasteiger partial charge in [-0.15, -0.1) is 0 Å². The van der Waals surface area contributed by atoms with Crippen LogP contribution in [0.25, 0.3) is 77.5 Å². The largest absolute Gasteiger partial charge is 0.446 e. The molecule has 0 saturated heterocycles. The van der Waals surface area contributed by atoms with E-state index in [1.165, 1.54) is 5.39 Å². The molecule has 41 heavy (non-hydrogen) atoms. The van der Waals surface area contributed by atoms with Crippen molar-refractivity contribution in [1.82, 2.24) is 19.1 Å². The molecule has 5 nitrogen and oxygen atoms in total. The number of furan rings is 1. The van der Waals surface area contributed by atoms with Gasteiger partial charge in [0.15, 0.2) is 0 Å². The molecular weight excluding hydrogens is 504 g/mol. The number of aromatic nitrogens is 4. The minimum absolute atomic E-state index is 0.567. The lowest BCUT2D eigenvalue weighted by Crippen LogP contribution is -2.03. The maximum Gasteiger partial charge on any atom is 0.238 e. The molecule has 0 amide bonds. The van der Waals surface area contributed by atoms with Crippen LogP contribution < -0.4 is 0 Å². The zero-order valence-electron chi connectivity index (χ0n) is 21.9. The van der Waals surface area contributed by atoms with Crippen LogP contribution in [-0.2, 0) is 0 Å². The van der Waals surface area contributed by atoms with Crippen molar-refractivity contribution in [2.75, 3.05) is 0 Å². The summed E-state index contributed by atoms with van der Waals surface area (Å²) in [5.74, 6) is 0.585. The molecule has 0 aliphatic heterocycles. The van der Waals surface area contributed by atoms with E-state index in [0.717, 1.165) is 60.4 Å². The van der Waals surface area contributed by atoms with Gasteiger partial charge in [0, 0.05) is 33.6 Å². The molecule has 0 fully saturated rings. The van der Waals surface area contributed by atoms with Crippen LogP contribution >= 0.6 is 0 Å². The number of rotatable bonds is 3. The van der Waals surface area contributed by atoms with E-state index in [1.54, 1.807) is 6.26 Å². The van der Waals surface area contributed by atoms with Gasteiger partial charge in [-0.3, -0.25) is 4.57 Å². The van der Waals surface area contributed by atoms with Gasteiger partial charge in [-0.2, -0.15) is 4.98 Å². The van der Waals surface area contributed by atoms with Gasteiger partial charge in [-0.05, 0) is 47.2 Å². The summed E-state index contributed by atoms with van der Waals surface area (Å²) in [7, 11) is 0. The van der Waals surface area contributed by atoms with Crippen LogP contribution in [0.15, 0.2) is 138 Å². The smallest absolute Gasteiger partial charge is 0.238 e. The van der Waals surface area contributed by atoms with Crippen molar-refractivity contribution < 1.29 is 4.42 Å².